The molecular weight excluding hydrogens is 1230 g/mol. The Morgan fingerprint density at radius 3 is 0.907 bits per heavy atom. The molecule has 0 atom stereocenters. The molecule has 1 spiro atoms. The molecule has 75 heavy (non-hydrogen) atoms. The standard InChI is InChI=1S/C27H39N.C24BF20.Au.H2N/c1-17(2)23-8-7-9-24(18(3)4)25(23)28-16-27(15-26(28,5)6)21-11-19-10-20(13-21)14-22(27)12-19;26-5-1(6(27)14(35)21(42)13(5)34)25(2-7(28)15(36)22(43)16(37)8(2)29,3-9(30)17(38)23(44)18(39)10(3)31)4-11(32)19(40)24(45)20(41)12(4)33;;/h7-9,17-22H,10-15H2,1-6H3;;;1H2/q;-1;+1;-1. The fourth-order valence-corrected chi connectivity index (χ4v) is 12.7. The van der Waals surface area contributed by atoms with E-state index < -0.39 is 144 Å². The van der Waals surface area contributed by atoms with Crippen LogP contribution < -0.4 is 26.8 Å². The van der Waals surface area contributed by atoms with Crippen molar-refractivity contribution in [2.24, 2.45) is 29.1 Å². The minimum Gasteiger partial charge on any atom is -0.693 e. The summed E-state index contributed by atoms with van der Waals surface area (Å²) in [6.07, 6.45) is 1.53. The Morgan fingerprint density at radius 2 is 0.667 bits per heavy atom. The number of nitrogens with zero attached hydrogens (tertiary/aromatic N) is 1. The van der Waals surface area contributed by atoms with Crippen molar-refractivity contribution in [2.45, 2.75) is 97.4 Å². The molecule has 1 aliphatic heterocycles. The second-order valence-corrected chi connectivity index (χ2v) is 20.7. The molecule has 10 rings (SSSR count). The van der Waals surface area contributed by atoms with Gasteiger partial charge in [-0.3, -0.25) is 0 Å². The van der Waals surface area contributed by atoms with Gasteiger partial charge in [-0.15, -0.1) is 21.9 Å². The molecule has 24 heteroatoms. The molecule has 2 nitrogen and oxygen atoms in total. The number of nitrogens with two attached hydrogens (primary N) is 1. The summed E-state index contributed by atoms with van der Waals surface area (Å²) in [5, 5.41) is 0. The normalized spacial score (nSPS) is 21.5. The summed E-state index contributed by atoms with van der Waals surface area (Å²) < 4.78 is 294. The summed E-state index contributed by atoms with van der Waals surface area (Å²) in [7, 11) is 0. The van der Waals surface area contributed by atoms with Gasteiger partial charge >= 0.3 is 22.4 Å². The van der Waals surface area contributed by atoms with Gasteiger partial charge in [-0.25, -0.2) is 87.8 Å². The minimum absolute atomic E-state index is 0. The van der Waals surface area contributed by atoms with Gasteiger partial charge in [0.15, 0.2) is 69.8 Å². The van der Waals surface area contributed by atoms with E-state index in [2.05, 4.69) is 71.2 Å². The molecule has 5 aliphatic rings. The third-order valence-electron chi connectivity index (χ3n) is 15.5. The number of para-hydroxylation sites is 1. The predicted molar refractivity (Wildman–Crippen MR) is 233 cm³/mol. The van der Waals surface area contributed by atoms with E-state index in [1.54, 1.807) is 0 Å². The number of hydrogen-bond donors (Lipinski definition) is 0. The van der Waals surface area contributed by atoms with Gasteiger partial charge in [-0.05, 0) is 99.0 Å². The molecule has 5 aromatic carbocycles. The van der Waals surface area contributed by atoms with Crippen molar-refractivity contribution in [3.05, 3.63) is 158 Å². The van der Waals surface area contributed by atoms with E-state index in [4.69, 9.17) is 0 Å². The van der Waals surface area contributed by atoms with E-state index in [1.165, 1.54) is 55.3 Å². The van der Waals surface area contributed by atoms with Crippen LogP contribution in [0.4, 0.5) is 93.5 Å². The van der Waals surface area contributed by atoms with E-state index >= 15 is 35.1 Å². The zero-order valence-electron chi connectivity index (χ0n) is 39.9. The molecule has 0 aromatic heterocycles. The Morgan fingerprint density at radius 1 is 0.427 bits per heavy atom. The Balaban J connectivity index is 0.000000261. The first kappa shape index (κ1) is 59.5. The van der Waals surface area contributed by atoms with E-state index in [1.807, 2.05) is 0 Å². The quantitative estimate of drug-likeness (QED) is 0.0692. The molecule has 4 saturated carbocycles. The minimum atomic E-state index is -7.22. The van der Waals surface area contributed by atoms with Crippen LogP contribution in [0.1, 0.15) is 103 Å². The van der Waals surface area contributed by atoms with Crippen molar-refractivity contribution < 1.29 is 110 Å². The van der Waals surface area contributed by atoms with E-state index in [-0.39, 0.29) is 34.1 Å². The summed E-state index contributed by atoms with van der Waals surface area (Å²) in [6.45, 7) is 18.7. The molecule has 0 unspecified atom stereocenters. The molecule has 5 fully saturated rings. The number of anilines is 1. The number of halogens is 20. The summed E-state index contributed by atoms with van der Waals surface area (Å²) in [5.41, 5.74) is -9.33. The van der Waals surface area contributed by atoms with Crippen molar-refractivity contribution in [3.8, 4) is 0 Å². The zero-order chi connectivity index (χ0) is 54.2. The smallest absolute Gasteiger partial charge is 0.693 e. The molecule has 2 N–H and O–H groups in total. The number of hydrogen-bond acceptors (Lipinski definition) is 1. The Bertz CT molecular complexity index is 2670. The topological polar surface area (TPSA) is 36.7 Å². The van der Waals surface area contributed by atoms with Crippen LogP contribution in [0.25, 0.3) is 6.15 Å². The van der Waals surface area contributed by atoms with Gasteiger partial charge < -0.3 is 11.1 Å². The van der Waals surface area contributed by atoms with E-state index in [0.717, 1.165) is 23.7 Å². The first-order valence-electron chi connectivity index (χ1n) is 22.9. The van der Waals surface area contributed by atoms with E-state index in [0.29, 0.717) is 17.3 Å². The van der Waals surface area contributed by atoms with Crippen molar-refractivity contribution >= 4 is 33.7 Å². The van der Waals surface area contributed by atoms with Crippen molar-refractivity contribution in [3.63, 3.8) is 0 Å². The second kappa shape index (κ2) is 20.6. The Labute approximate surface area is 432 Å². The molecule has 5 aromatic rings. The molecule has 0 amide bonds. The maximum atomic E-state index is 15.4. The molecule has 1 saturated heterocycles. The summed E-state index contributed by atoms with van der Waals surface area (Å²) in [4.78, 5) is 2.65. The second-order valence-electron chi connectivity index (χ2n) is 20.7. The SMILES string of the molecule is CC(C)c1cccc(C(C)C)c1N1[C]C2(CC1(C)C)C1CC3CC(C1)CC2C3.Fc1c(F)c(F)c([B-](c2c(F)c(F)c(F)c(F)c2F)(c2c(F)c(F)c(F)c(F)c2F)c2c(F)c(F)c(F)c(F)c2F)c(F)c1F.[Au+].[NH2-]. The van der Waals surface area contributed by atoms with Crippen molar-refractivity contribution in [1.82, 2.24) is 0 Å². The fourth-order valence-electron chi connectivity index (χ4n) is 12.7. The maximum absolute atomic E-state index is 15.4. The maximum Gasteiger partial charge on any atom is 1.00 e. The summed E-state index contributed by atoms with van der Waals surface area (Å²) >= 11 is 0. The third-order valence-corrected chi connectivity index (χ3v) is 15.5. The number of rotatable bonds is 7. The van der Waals surface area contributed by atoms with Gasteiger partial charge in [0.05, 0.1) is 6.54 Å². The van der Waals surface area contributed by atoms with Crippen molar-refractivity contribution in [1.29, 1.82) is 0 Å². The van der Waals surface area contributed by atoms with Crippen molar-refractivity contribution in [2.75, 3.05) is 4.90 Å². The van der Waals surface area contributed by atoms with Crippen LogP contribution >= 0.6 is 0 Å². The molecule has 410 valence electrons. The molecule has 1 heterocycles. The van der Waals surface area contributed by atoms with Crippen LogP contribution in [-0.2, 0) is 22.4 Å². The van der Waals surface area contributed by atoms with Gasteiger partial charge in [0, 0.05) is 16.6 Å². The zero-order valence-corrected chi connectivity index (χ0v) is 42.1. The first-order valence-corrected chi connectivity index (χ1v) is 22.9. The van der Waals surface area contributed by atoms with Gasteiger partial charge in [0.2, 0.25) is 0 Å². The monoisotopic (exact) mass is 1270 g/mol. The van der Waals surface area contributed by atoms with Crippen LogP contribution in [0.5, 0.6) is 0 Å². The molecule has 2 radical (unpaired) electrons. The summed E-state index contributed by atoms with van der Waals surface area (Å²) in [5.74, 6) is -66.5. The van der Waals surface area contributed by atoms with Crippen LogP contribution in [0, 0.1) is 152 Å². The van der Waals surface area contributed by atoms with Gasteiger partial charge in [-0.1, -0.05) is 45.9 Å². The van der Waals surface area contributed by atoms with Gasteiger partial charge in [0.1, 0.15) is 52.7 Å². The van der Waals surface area contributed by atoms with Gasteiger partial charge in [0.25, 0.3) is 0 Å². The predicted octanol–water partition coefficient (Wildman–Crippen LogP) is 14.0. The largest absolute Gasteiger partial charge is 1.00 e. The van der Waals surface area contributed by atoms with Gasteiger partial charge in [-0.2, -0.15) is 0 Å². The average Bonchev–Trinajstić information content (AvgIpc) is 3.63. The van der Waals surface area contributed by atoms with Crippen LogP contribution in [-0.4, -0.2) is 11.7 Å². The molecule has 4 bridgehead atoms. The molecular formula is C51H41AuBF20N2-. The fraction of sp³-hybridized carbons (Fsp3) is 0.392. The number of benzene rings is 5. The van der Waals surface area contributed by atoms with E-state index in [9.17, 15) is 52.7 Å². The molecule has 4 aliphatic carbocycles. The Kier molecular flexibility index (Phi) is 16.3. The van der Waals surface area contributed by atoms with Crippen LogP contribution in [0.15, 0.2) is 18.2 Å². The van der Waals surface area contributed by atoms with Crippen LogP contribution in [0.2, 0.25) is 0 Å². The average molecular weight is 1270 g/mol. The van der Waals surface area contributed by atoms with Crippen LogP contribution in [0.3, 0.4) is 0 Å². The summed E-state index contributed by atoms with van der Waals surface area (Å²) in [6, 6.07) is 7.01. The third kappa shape index (κ3) is 8.66. The first-order chi connectivity index (χ1) is 33.9. The Hall–Kier alpha value is -4.73.